The van der Waals surface area contributed by atoms with Crippen molar-refractivity contribution < 1.29 is 4.39 Å². The maximum Gasteiger partial charge on any atom is 0.123 e. The Morgan fingerprint density at radius 2 is 2.00 bits per heavy atom. The summed E-state index contributed by atoms with van der Waals surface area (Å²) in [5.74, 6) is -0.220. The number of aryl methyl sites for hydroxylation is 1. The van der Waals surface area contributed by atoms with Crippen molar-refractivity contribution in [2.75, 3.05) is 7.05 Å². The molecule has 0 radical (unpaired) electrons. The van der Waals surface area contributed by atoms with Gasteiger partial charge in [-0.05, 0) is 48.9 Å². The minimum absolute atomic E-state index is 0.0695. The number of halogens is 1. The summed E-state index contributed by atoms with van der Waals surface area (Å²) in [7, 11) is 1.84. The van der Waals surface area contributed by atoms with Gasteiger partial charge in [0.15, 0.2) is 0 Å². The summed E-state index contributed by atoms with van der Waals surface area (Å²) in [4.78, 5) is 0. The maximum atomic E-state index is 13.4. The Kier molecular flexibility index (Phi) is 3.44. The molecular formula is C13H14FN3. The van der Waals surface area contributed by atoms with Crippen LogP contribution < -0.4 is 5.32 Å². The van der Waals surface area contributed by atoms with Crippen LogP contribution in [0, 0.1) is 12.7 Å². The summed E-state index contributed by atoms with van der Waals surface area (Å²) in [6.07, 6.45) is 3.31. The van der Waals surface area contributed by atoms with Crippen molar-refractivity contribution in [1.29, 1.82) is 0 Å². The second-order valence-corrected chi connectivity index (χ2v) is 3.96. The molecule has 1 aromatic heterocycles. The number of hydrogen-bond donors (Lipinski definition) is 1. The number of rotatable bonds is 3. The van der Waals surface area contributed by atoms with Crippen LogP contribution in [0.4, 0.5) is 4.39 Å². The highest BCUT2D eigenvalue weighted by atomic mass is 19.1. The van der Waals surface area contributed by atoms with E-state index in [9.17, 15) is 4.39 Å². The summed E-state index contributed by atoms with van der Waals surface area (Å²) in [5.41, 5.74) is 2.76. The van der Waals surface area contributed by atoms with Gasteiger partial charge >= 0.3 is 0 Å². The molecule has 0 bridgehead atoms. The lowest BCUT2D eigenvalue weighted by Crippen LogP contribution is -2.18. The number of aromatic nitrogens is 2. The van der Waals surface area contributed by atoms with Crippen molar-refractivity contribution >= 4 is 0 Å². The smallest absolute Gasteiger partial charge is 0.123 e. The van der Waals surface area contributed by atoms with Gasteiger partial charge in [0.2, 0.25) is 0 Å². The van der Waals surface area contributed by atoms with Gasteiger partial charge in [-0.3, -0.25) is 0 Å². The van der Waals surface area contributed by atoms with Crippen molar-refractivity contribution in [2.24, 2.45) is 0 Å². The van der Waals surface area contributed by atoms with Gasteiger partial charge in [0.05, 0.1) is 12.2 Å². The van der Waals surface area contributed by atoms with E-state index in [4.69, 9.17) is 0 Å². The lowest BCUT2D eigenvalue weighted by molar-refractivity contribution is 0.614. The second-order valence-electron chi connectivity index (χ2n) is 3.96. The quantitative estimate of drug-likeness (QED) is 0.880. The van der Waals surface area contributed by atoms with Gasteiger partial charge in [-0.1, -0.05) is 6.07 Å². The van der Waals surface area contributed by atoms with Gasteiger partial charge in [-0.15, -0.1) is 0 Å². The molecule has 17 heavy (non-hydrogen) atoms. The Morgan fingerprint density at radius 1 is 1.18 bits per heavy atom. The molecule has 1 unspecified atom stereocenters. The van der Waals surface area contributed by atoms with E-state index in [0.717, 1.165) is 16.7 Å². The Hall–Kier alpha value is -1.81. The predicted octanol–water partition coefficient (Wildman–Crippen LogP) is 2.23. The molecule has 1 atom stereocenters. The molecule has 2 aromatic rings. The van der Waals surface area contributed by atoms with E-state index in [1.165, 1.54) is 12.1 Å². The van der Waals surface area contributed by atoms with E-state index in [2.05, 4.69) is 15.5 Å². The average molecular weight is 231 g/mol. The molecule has 0 saturated heterocycles. The number of nitrogens with one attached hydrogen (secondary N) is 1. The average Bonchev–Trinajstić information content (AvgIpc) is 2.30. The first-order valence-electron chi connectivity index (χ1n) is 5.41. The summed E-state index contributed by atoms with van der Waals surface area (Å²) < 4.78 is 13.4. The van der Waals surface area contributed by atoms with Crippen molar-refractivity contribution in [3.8, 4) is 0 Å². The Labute approximate surface area is 99.7 Å². The molecule has 0 spiro atoms. The van der Waals surface area contributed by atoms with Gasteiger partial charge in [-0.2, -0.15) is 10.2 Å². The van der Waals surface area contributed by atoms with E-state index in [1.54, 1.807) is 12.4 Å². The zero-order valence-electron chi connectivity index (χ0n) is 9.81. The molecule has 0 amide bonds. The molecule has 4 heteroatoms. The van der Waals surface area contributed by atoms with Crippen LogP contribution >= 0.6 is 0 Å². The highest BCUT2D eigenvalue weighted by Crippen LogP contribution is 2.22. The van der Waals surface area contributed by atoms with Crippen molar-refractivity contribution in [2.45, 2.75) is 13.0 Å². The van der Waals surface area contributed by atoms with Crippen LogP contribution in [-0.2, 0) is 0 Å². The standard InChI is InChI=1S/C13H14FN3/c1-9-5-11(7-12(14)6-9)13(15-2)10-3-4-16-17-8-10/h3-8,13,15H,1-2H3. The molecule has 0 aliphatic rings. The van der Waals surface area contributed by atoms with Crippen LogP contribution in [0.1, 0.15) is 22.7 Å². The number of hydrogen-bond acceptors (Lipinski definition) is 3. The highest BCUT2D eigenvalue weighted by molar-refractivity contribution is 5.32. The Balaban J connectivity index is 2.42. The normalized spacial score (nSPS) is 12.4. The van der Waals surface area contributed by atoms with Crippen LogP contribution in [0.15, 0.2) is 36.7 Å². The molecule has 2 rings (SSSR count). The van der Waals surface area contributed by atoms with Crippen LogP contribution in [0.3, 0.4) is 0 Å². The highest BCUT2D eigenvalue weighted by Gasteiger charge is 2.13. The molecule has 0 saturated carbocycles. The molecule has 1 heterocycles. The van der Waals surface area contributed by atoms with Gasteiger partial charge in [0, 0.05) is 6.20 Å². The molecule has 88 valence electrons. The molecule has 0 aliphatic heterocycles. The Morgan fingerprint density at radius 3 is 2.59 bits per heavy atom. The third-order valence-corrected chi connectivity index (χ3v) is 2.63. The van der Waals surface area contributed by atoms with Crippen molar-refractivity contribution in [1.82, 2.24) is 15.5 Å². The predicted molar refractivity (Wildman–Crippen MR) is 64.1 cm³/mol. The van der Waals surface area contributed by atoms with Crippen LogP contribution in [0.25, 0.3) is 0 Å². The number of benzene rings is 1. The molecular weight excluding hydrogens is 217 g/mol. The molecule has 1 N–H and O–H groups in total. The molecule has 0 fully saturated rings. The van der Waals surface area contributed by atoms with E-state index < -0.39 is 0 Å². The van der Waals surface area contributed by atoms with E-state index in [-0.39, 0.29) is 11.9 Å². The molecule has 0 aliphatic carbocycles. The topological polar surface area (TPSA) is 37.8 Å². The summed E-state index contributed by atoms with van der Waals surface area (Å²) in [6, 6.07) is 6.81. The lowest BCUT2D eigenvalue weighted by atomic mass is 9.99. The fourth-order valence-electron chi connectivity index (χ4n) is 1.93. The first-order valence-corrected chi connectivity index (χ1v) is 5.41. The first kappa shape index (κ1) is 11.7. The fourth-order valence-corrected chi connectivity index (χ4v) is 1.93. The third kappa shape index (κ3) is 2.65. The Bertz CT molecular complexity index is 479. The van der Waals surface area contributed by atoms with Gasteiger partial charge in [0.1, 0.15) is 5.82 Å². The third-order valence-electron chi connectivity index (χ3n) is 2.63. The largest absolute Gasteiger partial charge is 0.309 e. The SMILES string of the molecule is CNC(c1ccnnc1)c1cc(C)cc(F)c1. The van der Waals surface area contributed by atoms with E-state index in [1.807, 2.05) is 26.1 Å². The van der Waals surface area contributed by atoms with Gasteiger partial charge in [0.25, 0.3) is 0 Å². The monoisotopic (exact) mass is 231 g/mol. The minimum Gasteiger partial charge on any atom is -0.309 e. The van der Waals surface area contributed by atoms with Crippen molar-refractivity contribution in [3.63, 3.8) is 0 Å². The van der Waals surface area contributed by atoms with Crippen LogP contribution in [-0.4, -0.2) is 17.2 Å². The lowest BCUT2D eigenvalue weighted by Gasteiger charge is -2.17. The summed E-state index contributed by atoms with van der Waals surface area (Å²) >= 11 is 0. The first-order chi connectivity index (χ1) is 8.20. The van der Waals surface area contributed by atoms with E-state index in [0.29, 0.717) is 0 Å². The van der Waals surface area contributed by atoms with Crippen LogP contribution in [0.5, 0.6) is 0 Å². The van der Waals surface area contributed by atoms with E-state index >= 15 is 0 Å². The number of nitrogens with zero attached hydrogens (tertiary/aromatic N) is 2. The zero-order valence-corrected chi connectivity index (χ0v) is 9.81. The van der Waals surface area contributed by atoms with Gasteiger partial charge in [-0.25, -0.2) is 4.39 Å². The molecule has 3 nitrogen and oxygen atoms in total. The maximum absolute atomic E-state index is 13.4. The summed E-state index contributed by atoms with van der Waals surface area (Å²) in [6.45, 7) is 1.88. The second kappa shape index (κ2) is 5.01. The summed E-state index contributed by atoms with van der Waals surface area (Å²) in [5, 5.41) is 10.7. The zero-order chi connectivity index (χ0) is 12.3. The minimum atomic E-state index is -0.220. The van der Waals surface area contributed by atoms with Crippen molar-refractivity contribution in [3.05, 3.63) is 59.2 Å². The van der Waals surface area contributed by atoms with Gasteiger partial charge < -0.3 is 5.32 Å². The van der Waals surface area contributed by atoms with Crippen LogP contribution in [0.2, 0.25) is 0 Å². The molecule has 1 aromatic carbocycles. The fraction of sp³-hybridized carbons (Fsp3) is 0.231.